The highest BCUT2D eigenvalue weighted by Gasteiger charge is 2.30. The summed E-state index contributed by atoms with van der Waals surface area (Å²) in [5.74, 6) is 0.821. The van der Waals surface area contributed by atoms with Gasteiger partial charge in [-0.2, -0.15) is 0 Å². The van der Waals surface area contributed by atoms with Crippen LogP contribution < -0.4 is 4.74 Å². The fourth-order valence-corrected chi connectivity index (χ4v) is 3.30. The molecule has 0 amide bonds. The minimum Gasteiger partial charge on any atom is -0.497 e. The van der Waals surface area contributed by atoms with Gasteiger partial charge in [-0.15, -0.1) is 0 Å². The van der Waals surface area contributed by atoms with Gasteiger partial charge in [0, 0.05) is 19.3 Å². The van der Waals surface area contributed by atoms with Crippen molar-refractivity contribution in [3.63, 3.8) is 0 Å². The van der Waals surface area contributed by atoms with Crippen molar-refractivity contribution in [1.29, 1.82) is 0 Å². The summed E-state index contributed by atoms with van der Waals surface area (Å²) in [7, 11) is 1.65. The van der Waals surface area contributed by atoms with Gasteiger partial charge in [0.15, 0.2) is 6.29 Å². The van der Waals surface area contributed by atoms with E-state index in [9.17, 15) is 4.79 Å². The lowest BCUT2D eigenvalue weighted by Crippen LogP contribution is -2.39. The first-order valence-electron chi connectivity index (χ1n) is 9.84. The lowest BCUT2D eigenvalue weighted by atomic mass is 10.0. The molecule has 1 fully saturated rings. The Morgan fingerprint density at radius 3 is 2.52 bits per heavy atom. The zero-order valence-corrected chi connectivity index (χ0v) is 19.7. The Kier molecular flexibility index (Phi) is 9.71. The number of halogens is 1. The molecule has 1 aliphatic rings. The van der Waals surface area contributed by atoms with Crippen LogP contribution in [0.2, 0.25) is 0 Å². The van der Waals surface area contributed by atoms with Gasteiger partial charge in [0.05, 0.1) is 25.9 Å². The second-order valence-electron chi connectivity index (χ2n) is 7.93. The molecule has 0 N–H and O–H groups in total. The Morgan fingerprint density at radius 2 is 1.90 bits per heavy atom. The number of hydrogen-bond donors (Lipinski definition) is 0. The van der Waals surface area contributed by atoms with Crippen LogP contribution in [0.15, 0.2) is 34.4 Å². The number of ether oxygens (including phenoxy) is 5. The molecule has 1 aromatic carbocycles. The van der Waals surface area contributed by atoms with Crippen LogP contribution in [-0.2, 0) is 25.4 Å². The number of rotatable bonds is 8. The lowest BCUT2D eigenvalue weighted by Gasteiger charge is -2.35. The molecule has 162 valence electrons. The maximum absolute atomic E-state index is 11.7. The van der Waals surface area contributed by atoms with Crippen molar-refractivity contribution in [3.05, 3.63) is 40.0 Å². The molecular formula is C22H31IO6. The van der Waals surface area contributed by atoms with E-state index in [1.807, 2.05) is 49.1 Å². The molecule has 0 spiro atoms. The van der Waals surface area contributed by atoms with Crippen LogP contribution in [0.5, 0.6) is 5.75 Å². The number of benzene rings is 1. The van der Waals surface area contributed by atoms with Gasteiger partial charge >= 0.3 is 6.16 Å². The molecule has 0 aromatic heterocycles. The van der Waals surface area contributed by atoms with E-state index >= 15 is 0 Å². The summed E-state index contributed by atoms with van der Waals surface area (Å²) in [5.41, 5.74) is 0.552. The van der Waals surface area contributed by atoms with E-state index in [1.165, 1.54) is 0 Å². The molecular weight excluding hydrogens is 487 g/mol. The van der Waals surface area contributed by atoms with Crippen LogP contribution in [0.4, 0.5) is 4.79 Å². The summed E-state index contributed by atoms with van der Waals surface area (Å²) in [6.45, 7) is 5.68. The van der Waals surface area contributed by atoms with Gasteiger partial charge in [-0.1, -0.05) is 40.8 Å². The summed E-state index contributed by atoms with van der Waals surface area (Å²) < 4.78 is 29.8. The van der Waals surface area contributed by atoms with Crippen molar-refractivity contribution in [2.45, 2.75) is 70.6 Å². The van der Waals surface area contributed by atoms with E-state index in [1.54, 1.807) is 7.11 Å². The number of carbonyl (C=O) groups is 1. The zero-order chi connectivity index (χ0) is 21.3. The minimum absolute atomic E-state index is 0.0398. The fraction of sp³-hybridized carbons (Fsp3) is 0.591. The van der Waals surface area contributed by atoms with E-state index in [-0.39, 0.29) is 25.1 Å². The molecule has 2 rings (SSSR count). The van der Waals surface area contributed by atoms with Crippen LogP contribution in [0, 0.1) is 0 Å². The second-order valence-corrected chi connectivity index (χ2v) is 8.65. The van der Waals surface area contributed by atoms with Gasteiger partial charge in [0.1, 0.15) is 11.4 Å². The summed E-state index contributed by atoms with van der Waals surface area (Å²) in [6.07, 6.45) is 3.98. The van der Waals surface area contributed by atoms with Crippen LogP contribution in [0.3, 0.4) is 0 Å². The van der Waals surface area contributed by atoms with E-state index in [0.717, 1.165) is 24.2 Å². The Morgan fingerprint density at radius 1 is 1.21 bits per heavy atom. The molecule has 0 unspecified atom stereocenters. The largest absolute Gasteiger partial charge is 0.508 e. The van der Waals surface area contributed by atoms with Crippen LogP contribution in [-0.4, -0.2) is 44.0 Å². The lowest BCUT2D eigenvalue weighted by molar-refractivity contribution is -0.242. The minimum atomic E-state index is -0.649. The third-order valence-electron chi connectivity index (χ3n) is 4.31. The molecule has 3 atom stereocenters. The van der Waals surface area contributed by atoms with Gasteiger partial charge in [0.25, 0.3) is 0 Å². The van der Waals surface area contributed by atoms with E-state index in [2.05, 4.69) is 28.7 Å². The van der Waals surface area contributed by atoms with Crippen LogP contribution in [0.1, 0.15) is 45.6 Å². The summed E-state index contributed by atoms with van der Waals surface area (Å²) in [5, 5.41) is 0. The molecule has 7 heteroatoms. The average Bonchev–Trinajstić information content (AvgIpc) is 2.65. The topological polar surface area (TPSA) is 63.2 Å². The summed E-state index contributed by atoms with van der Waals surface area (Å²) in [6, 6.07) is 7.89. The SMILES string of the molecule is COc1ccc(C[C@@H]2O[C@H](CCOC(=O)OC(C)(C)C)C[C@H](C/C=C/I)O2)cc1. The molecule has 0 bridgehead atoms. The van der Waals surface area contributed by atoms with Crippen molar-refractivity contribution >= 4 is 28.7 Å². The highest BCUT2D eigenvalue weighted by Crippen LogP contribution is 2.26. The predicted molar refractivity (Wildman–Crippen MR) is 119 cm³/mol. The Hall–Kier alpha value is -1.32. The molecule has 1 aromatic rings. The highest BCUT2D eigenvalue weighted by atomic mass is 127. The van der Waals surface area contributed by atoms with E-state index in [0.29, 0.717) is 12.8 Å². The fourth-order valence-electron chi connectivity index (χ4n) is 3.01. The molecule has 6 nitrogen and oxygen atoms in total. The van der Waals surface area contributed by atoms with Crippen molar-refractivity contribution in [3.8, 4) is 5.75 Å². The second kappa shape index (κ2) is 11.8. The van der Waals surface area contributed by atoms with Crippen molar-refractivity contribution < 1.29 is 28.5 Å². The number of carbonyl (C=O) groups excluding carboxylic acids is 1. The highest BCUT2D eigenvalue weighted by molar-refractivity contribution is 14.1. The molecule has 0 radical (unpaired) electrons. The number of hydrogen-bond acceptors (Lipinski definition) is 6. The van der Waals surface area contributed by atoms with Gasteiger partial charge in [-0.05, 0) is 49.0 Å². The summed E-state index contributed by atoms with van der Waals surface area (Å²) >= 11 is 2.21. The average molecular weight is 518 g/mol. The Balaban J connectivity index is 1.89. The zero-order valence-electron chi connectivity index (χ0n) is 17.6. The molecule has 0 aliphatic carbocycles. The third kappa shape index (κ3) is 9.35. The predicted octanol–water partition coefficient (Wildman–Crippen LogP) is 5.42. The van der Waals surface area contributed by atoms with Crippen LogP contribution >= 0.6 is 22.6 Å². The monoisotopic (exact) mass is 518 g/mol. The number of methoxy groups -OCH3 is 1. The molecule has 1 aliphatic heterocycles. The summed E-state index contributed by atoms with van der Waals surface area (Å²) in [4.78, 5) is 11.7. The molecule has 1 saturated heterocycles. The van der Waals surface area contributed by atoms with Gasteiger partial charge in [0.2, 0.25) is 0 Å². The van der Waals surface area contributed by atoms with E-state index in [4.69, 9.17) is 23.7 Å². The maximum Gasteiger partial charge on any atom is 0.508 e. The Bertz CT molecular complexity index is 652. The first-order valence-corrected chi connectivity index (χ1v) is 11.1. The molecule has 29 heavy (non-hydrogen) atoms. The third-order valence-corrected chi connectivity index (χ3v) is 4.82. The smallest absolute Gasteiger partial charge is 0.497 e. The van der Waals surface area contributed by atoms with Crippen molar-refractivity contribution in [2.75, 3.05) is 13.7 Å². The Labute approximate surface area is 187 Å². The first-order chi connectivity index (χ1) is 13.8. The standard InChI is InChI=1S/C22H31IO6/c1-22(2,3)29-21(24)26-13-11-19-15-18(6-5-12-23)27-20(28-19)14-16-7-9-17(25-4)10-8-16/h5,7-10,12,18-20H,6,11,13-15H2,1-4H3/b12-5+/t18-,19+,20-/m0/s1. The van der Waals surface area contributed by atoms with Crippen LogP contribution in [0.25, 0.3) is 0 Å². The normalized spacial score (nSPS) is 22.4. The molecule has 1 heterocycles. The van der Waals surface area contributed by atoms with E-state index < -0.39 is 11.8 Å². The maximum atomic E-state index is 11.7. The first kappa shape index (κ1) is 24.0. The van der Waals surface area contributed by atoms with Gasteiger partial charge < -0.3 is 23.7 Å². The molecule has 0 saturated carbocycles. The quantitative estimate of drug-likeness (QED) is 0.339. The van der Waals surface area contributed by atoms with Crippen molar-refractivity contribution in [2.24, 2.45) is 0 Å². The van der Waals surface area contributed by atoms with Gasteiger partial charge in [-0.3, -0.25) is 0 Å². The van der Waals surface area contributed by atoms with Crippen molar-refractivity contribution in [1.82, 2.24) is 0 Å². The van der Waals surface area contributed by atoms with Gasteiger partial charge in [-0.25, -0.2) is 4.79 Å².